The highest BCUT2D eigenvalue weighted by Crippen LogP contribution is 2.43. The van der Waals surface area contributed by atoms with Crippen molar-refractivity contribution in [2.75, 3.05) is 26.4 Å². The van der Waals surface area contributed by atoms with Gasteiger partial charge in [0.1, 0.15) is 12.7 Å². The van der Waals surface area contributed by atoms with Gasteiger partial charge in [0.05, 0.1) is 25.9 Å². The van der Waals surface area contributed by atoms with Gasteiger partial charge in [0.2, 0.25) is 0 Å². The predicted molar refractivity (Wildman–Crippen MR) is 202 cm³/mol. The van der Waals surface area contributed by atoms with Crippen LogP contribution in [-0.4, -0.2) is 76.9 Å². The lowest BCUT2D eigenvalue weighted by Gasteiger charge is -2.20. The van der Waals surface area contributed by atoms with Gasteiger partial charge in [0.25, 0.3) is 0 Å². The van der Waals surface area contributed by atoms with Gasteiger partial charge in [0.15, 0.2) is 6.10 Å². The molecule has 0 saturated carbocycles. The molecule has 12 heteroatoms. The topological polar surface area (TPSA) is 169 Å². The van der Waals surface area contributed by atoms with Crippen LogP contribution in [0.2, 0.25) is 0 Å². The van der Waals surface area contributed by atoms with Gasteiger partial charge in [-0.15, -0.1) is 0 Å². The third-order valence-electron chi connectivity index (χ3n) is 7.83. The Morgan fingerprint density at radius 2 is 1.18 bits per heavy atom. The highest BCUT2D eigenvalue weighted by molar-refractivity contribution is 7.47. The van der Waals surface area contributed by atoms with Crippen molar-refractivity contribution >= 4 is 19.8 Å². The SMILES string of the molecule is CC[C@@H](O)CC/C=C\C/C=C\C/C=C\C/C=C\CCCC(=O)O[C@H](COC(=O)CCCCCCCCCC(C)C)COP(=O)(O)OC[C@@H](O)CO. The zero-order chi connectivity index (χ0) is 38.0. The van der Waals surface area contributed by atoms with E-state index in [4.69, 9.17) is 19.1 Å². The number of carbonyl (C=O) groups excluding carboxylic acids is 2. The molecule has 0 spiro atoms. The molecule has 0 bridgehead atoms. The predicted octanol–water partition coefficient (Wildman–Crippen LogP) is 8.21. The summed E-state index contributed by atoms with van der Waals surface area (Å²) in [4.78, 5) is 34.7. The van der Waals surface area contributed by atoms with E-state index in [0.717, 1.165) is 63.7 Å². The zero-order valence-corrected chi connectivity index (χ0v) is 32.5. The van der Waals surface area contributed by atoms with Gasteiger partial charge in [-0.05, 0) is 63.7 Å². The highest BCUT2D eigenvalue weighted by Gasteiger charge is 2.27. The van der Waals surface area contributed by atoms with Crippen molar-refractivity contribution in [2.45, 2.75) is 155 Å². The van der Waals surface area contributed by atoms with Crippen molar-refractivity contribution in [3.8, 4) is 0 Å². The number of phosphoric acid groups is 1. The highest BCUT2D eigenvalue weighted by atomic mass is 31.2. The Balaban J connectivity index is 4.49. The minimum absolute atomic E-state index is 0.0938. The standard InChI is InChI=1S/C39H69O11P/c1-4-35(41)27-23-19-15-11-9-7-5-6-8-10-12-16-21-25-29-39(44)50-37(33-49-51(45,46)48-31-36(42)30-40)32-47-38(43)28-24-20-17-13-14-18-22-26-34(2)3/h6-9,12,15-16,19,34-37,40-42H,4-5,10-11,13-14,17-18,20-33H2,1-3H3,(H,45,46)/b8-6-,9-7-,16-12-,19-15-/t35-,36+,37-/m1/s1. The summed E-state index contributed by atoms with van der Waals surface area (Å²) in [6.45, 7) is 4.24. The fraction of sp³-hybridized carbons (Fsp3) is 0.744. The lowest BCUT2D eigenvalue weighted by atomic mass is 10.0. The number of aliphatic hydroxyl groups is 3. The Morgan fingerprint density at radius 1 is 0.647 bits per heavy atom. The van der Waals surface area contributed by atoms with E-state index in [0.29, 0.717) is 19.3 Å². The Kier molecular flexibility index (Phi) is 32.3. The van der Waals surface area contributed by atoms with Gasteiger partial charge in [-0.2, -0.15) is 0 Å². The fourth-order valence-electron chi connectivity index (χ4n) is 4.68. The molecule has 0 aliphatic rings. The van der Waals surface area contributed by atoms with Crippen LogP contribution in [0.5, 0.6) is 0 Å². The number of aliphatic hydroxyl groups excluding tert-OH is 3. The summed E-state index contributed by atoms with van der Waals surface area (Å²) in [5.41, 5.74) is 0. The Bertz CT molecular complexity index is 1020. The van der Waals surface area contributed by atoms with Crippen LogP contribution in [0.4, 0.5) is 0 Å². The lowest BCUT2D eigenvalue weighted by Crippen LogP contribution is -2.29. The van der Waals surface area contributed by atoms with Crippen molar-refractivity contribution in [1.29, 1.82) is 0 Å². The number of hydrogen-bond acceptors (Lipinski definition) is 10. The molecule has 4 atom stereocenters. The van der Waals surface area contributed by atoms with E-state index in [2.05, 4.69) is 54.8 Å². The number of allylic oxidation sites excluding steroid dienone is 8. The third kappa shape index (κ3) is 34.7. The van der Waals surface area contributed by atoms with Gasteiger partial charge in [-0.3, -0.25) is 18.6 Å². The van der Waals surface area contributed by atoms with Gasteiger partial charge in [0, 0.05) is 12.8 Å². The molecule has 4 N–H and O–H groups in total. The normalized spacial score (nSPS) is 15.3. The second-order valence-electron chi connectivity index (χ2n) is 13.2. The first kappa shape index (κ1) is 48.9. The van der Waals surface area contributed by atoms with Crippen molar-refractivity contribution in [3.05, 3.63) is 48.6 Å². The average Bonchev–Trinajstić information content (AvgIpc) is 3.10. The molecule has 1 unspecified atom stereocenters. The Morgan fingerprint density at radius 3 is 1.76 bits per heavy atom. The number of esters is 2. The monoisotopic (exact) mass is 744 g/mol. The summed E-state index contributed by atoms with van der Waals surface area (Å²) in [6, 6.07) is 0. The van der Waals surface area contributed by atoms with Crippen LogP contribution in [0.3, 0.4) is 0 Å². The quantitative estimate of drug-likeness (QED) is 0.0217. The second kappa shape index (κ2) is 33.7. The van der Waals surface area contributed by atoms with E-state index in [1.165, 1.54) is 25.7 Å². The molecule has 0 fully saturated rings. The van der Waals surface area contributed by atoms with Crippen molar-refractivity contribution in [3.63, 3.8) is 0 Å². The van der Waals surface area contributed by atoms with Crippen LogP contribution in [0.15, 0.2) is 48.6 Å². The number of unbranched alkanes of at least 4 members (excludes halogenated alkanes) is 7. The van der Waals surface area contributed by atoms with Crippen molar-refractivity contribution in [1.82, 2.24) is 0 Å². The van der Waals surface area contributed by atoms with Crippen molar-refractivity contribution < 1.29 is 52.9 Å². The van der Waals surface area contributed by atoms with Gasteiger partial charge >= 0.3 is 19.8 Å². The summed E-state index contributed by atoms with van der Waals surface area (Å²) in [6.07, 6.45) is 29.1. The van der Waals surface area contributed by atoms with Crippen LogP contribution in [-0.2, 0) is 32.7 Å². The van der Waals surface area contributed by atoms with Crippen LogP contribution in [0.1, 0.15) is 136 Å². The first-order valence-electron chi connectivity index (χ1n) is 19.0. The van der Waals surface area contributed by atoms with E-state index >= 15 is 0 Å². The molecule has 0 aliphatic heterocycles. The molecular formula is C39H69O11P. The lowest BCUT2D eigenvalue weighted by molar-refractivity contribution is -0.161. The number of ether oxygens (including phenoxy) is 2. The van der Waals surface area contributed by atoms with Gasteiger partial charge < -0.3 is 29.7 Å². The van der Waals surface area contributed by atoms with Crippen LogP contribution < -0.4 is 0 Å². The van der Waals surface area contributed by atoms with Crippen LogP contribution in [0, 0.1) is 5.92 Å². The minimum Gasteiger partial charge on any atom is -0.462 e. The van der Waals surface area contributed by atoms with Crippen LogP contribution >= 0.6 is 7.82 Å². The summed E-state index contributed by atoms with van der Waals surface area (Å²) >= 11 is 0. The fourth-order valence-corrected chi connectivity index (χ4v) is 5.47. The molecule has 0 aromatic rings. The van der Waals surface area contributed by atoms with E-state index in [1.54, 1.807) is 0 Å². The van der Waals surface area contributed by atoms with E-state index in [1.807, 2.05) is 19.1 Å². The zero-order valence-electron chi connectivity index (χ0n) is 31.6. The molecule has 0 aromatic heterocycles. The summed E-state index contributed by atoms with van der Waals surface area (Å²) in [5.74, 6) is -0.281. The molecule has 0 aliphatic carbocycles. The Hall–Kier alpha value is -2.11. The maximum Gasteiger partial charge on any atom is 0.472 e. The van der Waals surface area contributed by atoms with Gasteiger partial charge in [-0.25, -0.2) is 4.57 Å². The number of phosphoric ester groups is 1. The van der Waals surface area contributed by atoms with E-state index < -0.39 is 51.8 Å². The number of carbonyl (C=O) groups is 2. The first-order chi connectivity index (χ1) is 24.5. The molecule has 0 saturated heterocycles. The molecule has 0 heterocycles. The molecule has 0 radical (unpaired) electrons. The molecule has 0 aromatic carbocycles. The largest absolute Gasteiger partial charge is 0.472 e. The molecule has 11 nitrogen and oxygen atoms in total. The van der Waals surface area contributed by atoms with E-state index in [9.17, 15) is 29.3 Å². The average molecular weight is 745 g/mol. The molecule has 296 valence electrons. The third-order valence-corrected chi connectivity index (χ3v) is 8.78. The van der Waals surface area contributed by atoms with Gasteiger partial charge in [-0.1, -0.05) is 114 Å². The minimum atomic E-state index is -4.63. The number of hydrogen-bond donors (Lipinski definition) is 4. The summed E-state index contributed by atoms with van der Waals surface area (Å²) in [5, 5.41) is 27.8. The maximum absolute atomic E-state index is 12.5. The van der Waals surface area contributed by atoms with Crippen molar-refractivity contribution in [2.24, 2.45) is 5.92 Å². The summed E-state index contributed by atoms with van der Waals surface area (Å²) < 4.78 is 32.5. The van der Waals surface area contributed by atoms with E-state index in [-0.39, 0.29) is 25.6 Å². The van der Waals surface area contributed by atoms with Crippen LogP contribution in [0.25, 0.3) is 0 Å². The first-order valence-corrected chi connectivity index (χ1v) is 20.5. The maximum atomic E-state index is 12.5. The smallest absolute Gasteiger partial charge is 0.462 e. The Labute approximate surface area is 307 Å². The molecule has 51 heavy (non-hydrogen) atoms. The summed E-state index contributed by atoms with van der Waals surface area (Å²) in [7, 11) is -4.63. The number of rotatable bonds is 34. The molecule has 0 amide bonds. The molecular weight excluding hydrogens is 675 g/mol. The second-order valence-corrected chi connectivity index (χ2v) is 14.7. The molecule has 0 rings (SSSR count).